The van der Waals surface area contributed by atoms with Crippen LogP contribution in [0.3, 0.4) is 0 Å². The molecule has 0 bridgehead atoms. The maximum atomic E-state index is 12.4. The van der Waals surface area contributed by atoms with E-state index in [9.17, 15) is 24.0 Å². The number of carboxylic acids is 3. The Balaban J connectivity index is 4.77. The number of nitrogens with one attached hydrogen (secondary N) is 2. The minimum absolute atomic E-state index is 0.125. The van der Waals surface area contributed by atoms with E-state index >= 15 is 0 Å². The second-order valence-electron chi connectivity index (χ2n) is 6.80. The van der Waals surface area contributed by atoms with Crippen molar-refractivity contribution in [3.8, 4) is 0 Å². The fourth-order valence-electron chi connectivity index (χ4n) is 2.56. The first-order valence-corrected chi connectivity index (χ1v) is 10.8. The molecule has 0 heterocycles. The number of carbonyl (C=O) groups is 5. The Morgan fingerprint density at radius 2 is 1.30 bits per heavy atom. The van der Waals surface area contributed by atoms with Crippen molar-refractivity contribution in [1.82, 2.24) is 10.6 Å². The molecule has 0 aliphatic rings. The van der Waals surface area contributed by atoms with Crippen molar-refractivity contribution in [2.75, 3.05) is 5.75 Å². The fraction of sp³-hybridized carbons (Fsp3) is 0.722. The molecule has 0 radical (unpaired) electrons. The van der Waals surface area contributed by atoms with Gasteiger partial charge in [-0.1, -0.05) is 6.42 Å². The first kappa shape index (κ1) is 28.1. The molecule has 0 saturated carbocycles. The van der Waals surface area contributed by atoms with E-state index in [4.69, 9.17) is 15.3 Å². The van der Waals surface area contributed by atoms with Gasteiger partial charge >= 0.3 is 17.9 Å². The molecule has 5 N–H and O–H groups in total. The Kier molecular flexibility index (Phi) is 14.8. The molecule has 0 aliphatic carbocycles. The predicted molar refractivity (Wildman–Crippen MR) is 115 cm³/mol. The molecule has 3 unspecified atom stereocenters. The van der Waals surface area contributed by atoms with Crippen LogP contribution >= 0.6 is 25.3 Å². The summed E-state index contributed by atoms with van der Waals surface area (Å²) in [6, 6.07) is -2.70. The molecule has 0 aromatic rings. The molecular weight excluding hydrogens is 436 g/mol. The largest absolute Gasteiger partial charge is 0.481 e. The fourth-order valence-corrected chi connectivity index (χ4v) is 3.39. The lowest BCUT2D eigenvalue weighted by molar-refractivity contribution is -0.144. The van der Waals surface area contributed by atoms with E-state index in [0.29, 0.717) is 6.42 Å². The molecule has 0 aromatic carbocycles. The molecule has 2 amide bonds. The molecule has 30 heavy (non-hydrogen) atoms. The number of hydrogen-bond donors (Lipinski definition) is 7. The lowest BCUT2D eigenvalue weighted by atomic mass is 10.1. The first-order valence-electron chi connectivity index (χ1n) is 9.61. The molecule has 172 valence electrons. The van der Waals surface area contributed by atoms with Crippen molar-refractivity contribution < 1.29 is 39.3 Å². The highest BCUT2D eigenvalue weighted by atomic mass is 32.1. The number of amides is 2. The van der Waals surface area contributed by atoms with Crippen molar-refractivity contribution in [3.05, 3.63) is 0 Å². The maximum absolute atomic E-state index is 12.4. The topological polar surface area (TPSA) is 170 Å². The van der Waals surface area contributed by atoms with E-state index in [0.717, 1.165) is 25.0 Å². The summed E-state index contributed by atoms with van der Waals surface area (Å²) < 4.78 is 0. The summed E-state index contributed by atoms with van der Waals surface area (Å²) in [6.45, 7) is 0. The van der Waals surface area contributed by atoms with E-state index in [1.54, 1.807) is 0 Å². The summed E-state index contributed by atoms with van der Waals surface area (Å²) in [7, 11) is 0. The van der Waals surface area contributed by atoms with E-state index in [-0.39, 0.29) is 24.5 Å². The van der Waals surface area contributed by atoms with Crippen LogP contribution in [0.1, 0.15) is 57.8 Å². The number of carboxylic acid groups (broad SMARTS) is 3. The third-order valence-corrected chi connectivity index (χ3v) is 4.99. The average Bonchev–Trinajstić information content (AvgIpc) is 2.65. The third-order valence-electron chi connectivity index (χ3n) is 4.21. The van der Waals surface area contributed by atoms with Crippen molar-refractivity contribution in [2.45, 2.75) is 75.1 Å². The Morgan fingerprint density at radius 1 is 0.733 bits per heavy atom. The lowest BCUT2D eigenvalue weighted by Crippen LogP contribution is -2.51. The van der Waals surface area contributed by atoms with Gasteiger partial charge in [0.1, 0.15) is 12.1 Å². The number of thiol groups is 2. The van der Waals surface area contributed by atoms with E-state index in [2.05, 4.69) is 35.9 Å². The Morgan fingerprint density at radius 3 is 1.80 bits per heavy atom. The summed E-state index contributed by atoms with van der Waals surface area (Å²) in [6.07, 6.45) is 1.65. The van der Waals surface area contributed by atoms with Crippen LogP contribution in [0, 0.1) is 0 Å². The van der Waals surface area contributed by atoms with Gasteiger partial charge in [0.2, 0.25) is 11.8 Å². The highest BCUT2D eigenvalue weighted by Crippen LogP contribution is 2.13. The lowest BCUT2D eigenvalue weighted by Gasteiger charge is -2.21. The Hall–Kier alpha value is -1.95. The van der Waals surface area contributed by atoms with E-state index in [1.807, 2.05) is 0 Å². The van der Waals surface area contributed by atoms with Crippen LogP contribution in [0.15, 0.2) is 0 Å². The predicted octanol–water partition coefficient (Wildman–Crippen LogP) is 0.949. The second kappa shape index (κ2) is 15.8. The summed E-state index contributed by atoms with van der Waals surface area (Å²) in [5.74, 6) is -4.42. The van der Waals surface area contributed by atoms with Gasteiger partial charge in [0, 0.05) is 24.5 Å². The molecule has 0 saturated heterocycles. The number of hydrogen-bond acceptors (Lipinski definition) is 7. The zero-order valence-electron chi connectivity index (χ0n) is 16.6. The van der Waals surface area contributed by atoms with Crippen LogP contribution in [0.4, 0.5) is 0 Å². The molecule has 0 aliphatic heterocycles. The summed E-state index contributed by atoms with van der Waals surface area (Å²) in [5.41, 5.74) is 0. The first-order chi connectivity index (χ1) is 14.1. The molecule has 12 heteroatoms. The Bertz CT molecular complexity index is 603. The smallest absolute Gasteiger partial charge is 0.326 e. The van der Waals surface area contributed by atoms with Crippen LogP contribution in [-0.2, 0) is 24.0 Å². The van der Waals surface area contributed by atoms with Gasteiger partial charge < -0.3 is 26.0 Å². The molecular formula is C18H30N2O8S2. The number of rotatable bonds is 17. The van der Waals surface area contributed by atoms with Gasteiger partial charge in [-0.3, -0.25) is 19.2 Å². The quantitative estimate of drug-likeness (QED) is 0.123. The van der Waals surface area contributed by atoms with Crippen molar-refractivity contribution in [1.29, 1.82) is 0 Å². The maximum Gasteiger partial charge on any atom is 0.326 e. The van der Waals surface area contributed by atoms with Crippen LogP contribution < -0.4 is 10.6 Å². The Labute approximate surface area is 186 Å². The van der Waals surface area contributed by atoms with Crippen LogP contribution in [0.2, 0.25) is 0 Å². The zero-order valence-corrected chi connectivity index (χ0v) is 18.4. The van der Waals surface area contributed by atoms with E-state index < -0.39 is 54.6 Å². The highest BCUT2D eigenvalue weighted by molar-refractivity contribution is 7.81. The van der Waals surface area contributed by atoms with Gasteiger partial charge in [-0.15, -0.1) is 0 Å². The SMILES string of the molecule is O=C(O)CCC(NC(=O)C(CCC(=O)O)NC(=O)CCCCC(S)CCS)C(=O)O. The van der Waals surface area contributed by atoms with Gasteiger partial charge in [-0.25, -0.2) is 4.79 Å². The van der Waals surface area contributed by atoms with Gasteiger partial charge in [-0.05, 0) is 37.9 Å². The van der Waals surface area contributed by atoms with Gasteiger partial charge in [0.05, 0.1) is 0 Å². The van der Waals surface area contributed by atoms with Crippen molar-refractivity contribution in [2.24, 2.45) is 0 Å². The monoisotopic (exact) mass is 466 g/mol. The molecule has 0 rings (SSSR count). The van der Waals surface area contributed by atoms with E-state index in [1.165, 1.54) is 0 Å². The van der Waals surface area contributed by atoms with Crippen LogP contribution in [0.25, 0.3) is 0 Å². The minimum atomic E-state index is -1.46. The van der Waals surface area contributed by atoms with Gasteiger partial charge in [0.15, 0.2) is 0 Å². The van der Waals surface area contributed by atoms with Gasteiger partial charge in [0.25, 0.3) is 0 Å². The van der Waals surface area contributed by atoms with Crippen molar-refractivity contribution >= 4 is 55.0 Å². The normalized spacial score (nSPS) is 13.7. The highest BCUT2D eigenvalue weighted by Gasteiger charge is 2.27. The van der Waals surface area contributed by atoms with Crippen molar-refractivity contribution in [3.63, 3.8) is 0 Å². The zero-order chi connectivity index (χ0) is 23.1. The number of carbonyl (C=O) groups excluding carboxylic acids is 2. The molecule has 0 fully saturated rings. The average molecular weight is 467 g/mol. The molecule has 0 spiro atoms. The van der Waals surface area contributed by atoms with Crippen LogP contribution in [-0.4, -0.2) is 68.1 Å². The number of aliphatic carboxylic acids is 3. The summed E-state index contributed by atoms with van der Waals surface area (Å²) in [4.78, 5) is 57.2. The van der Waals surface area contributed by atoms with Gasteiger partial charge in [-0.2, -0.15) is 25.3 Å². The standard InChI is InChI=1S/C18H30N2O8S2/c21-14(4-2-1-3-11(30)9-10-29)19-12(5-7-15(22)23)17(26)20-13(18(27)28)6-8-16(24)25/h11-13,29-30H,1-10H2,(H,19,21)(H,20,26)(H,22,23)(H,24,25)(H,27,28). The summed E-state index contributed by atoms with van der Waals surface area (Å²) in [5, 5.41) is 31.5. The summed E-state index contributed by atoms with van der Waals surface area (Å²) >= 11 is 8.53. The second-order valence-corrected chi connectivity index (χ2v) is 7.97. The molecule has 0 aromatic heterocycles. The third kappa shape index (κ3) is 14.1. The molecule has 3 atom stereocenters. The number of unbranched alkanes of at least 4 members (excludes halogenated alkanes) is 1. The van der Waals surface area contributed by atoms with Crippen LogP contribution in [0.5, 0.6) is 0 Å². The molecule has 10 nitrogen and oxygen atoms in total. The minimum Gasteiger partial charge on any atom is -0.481 e.